The van der Waals surface area contributed by atoms with Crippen LogP contribution in [0.25, 0.3) is 0 Å². The second-order valence-electron chi connectivity index (χ2n) is 6.48. The molecule has 1 amide bonds. The summed E-state index contributed by atoms with van der Waals surface area (Å²) in [6.07, 6.45) is -4.43. The Balaban J connectivity index is 2.18. The van der Waals surface area contributed by atoms with E-state index in [0.29, 0.717) is 13.0 Å². The summed E-state index contributed by atoms with van der Waals surface area (Å²) in [6, 6.07) is 4.23. The van der Waals surface area contributed by atoms with Crippen molar-refractivity contribution in [3.63, 3.8) is 0 Å². The predicted molar refractivity (Wildman–Crippen MR) is 86.1 cm³/mol. The number of amides is 1. The van der Waals surface area contributed by atoms with E-state index in [9.17, 15) is 26.4 Å². The third-order valence-electron chi connectivity index (χ3n) is 3.81. The largest absolute Gasteiger partial charge is 0.573 e. The second-order valence-corrected chi connectivity index (χ2v) is 8.71. The highest BCUT2D eigenvalue weighted by molar-refractivity contribution is 7.91. The number of hydrogen-bond donors (Lipinski definition) is 0. The number of ether oxygens (including phenoxy) is 1. The van der Waals surface area contributed by atoms with Crippen LogP contribution in [0, 0.1) is 5.92 Å². The highest BCUT2D eigenvalue weighted by Gasteiger charge is 2.35. The van der Waals surface area contributed by atoms with E-state index in [1.165, 1.54) is 17.0 Å². The van der Waals surface area contributed by atoms with Crippen LogP contribution in [0.15, 0.2) is 24.3 Å². The number of halogens is 3. The summed E-state index contributed by atoms with van der Waals surface area (Å²) in [6.45, 7) is 4.19. The average Bonchev–Trinajstić information content (AvgIpc) is 2.83. The van der Waals surface area contributed by atoms with Crippen molar-refractivity contribution in [1.82, 2.24) is 4.90 Å². The quantitative estimate of drug-likeness (QED) is 0.789. The molecule has 9 heteroatoms. The monoisotopic (exact) mass is 379 g/mol. The number of benzene rings is 1. The number of carbonyl (C=O) groups is 1. The summed E-state index contributed by atoms with van der Waals surface area (Å²) in [5.41, 5.74) is 0.194. The molecule has 0 bridgehead atoms. The molecule has 0 N–H and O–H groups in total. The van der Waals surface area contributed by atoms with Gasteiger partial charge in [-0.3, -0.25) is 4.79 Å². The predicted octanol–water partition coefficient (Wildman–Crippen LogP) is 2.87. The van der Waals surface area contributed by atoms with Gasteiger partial charge in [-0.2, -0.15) is 0 Å². The van der Waals surface area contributed by atoms with Gasteiger partial charge in [0.05, 0.1) is 11.5 Å². The second kappa shape index (κ2) is 7.23. The fourth-order valence-corrected chi connectivity index (χ4v) is 4.51. The van der Waals surface area contributed by atoms with Crippen LogP contribution in [-0.2, 0) is 9.84 Å². The minimum atomic E-state index is -4.80. The highest BCUT2D eigenvalue weighted by atomic mass is 32.2. The Morgan fingerprint density at radius 1 is 1.28 bits per heavy atom. The molecular formula is C16H20F3NO4S. The van der Waals surface area contributed by atoms with E-state index in [-0.39, 0.29) is 23.0 Å². The van der Waals surface area contributed by atoms with Gasteiger partial charge >= 0.3 is 6.36 Å². The molecular weight excluding hydrogens is 359 g/mol. The van der Waals surface area contributed by atoms with Gasteiger partial charge in [-0.1, -0.05) is 13.8 Å². The molecule has 1 aliphatic heterocycles. The van der Waals surface area contributed by atoms with Crippen LogP contribution in [0.4, 0.5) is 13.2 Å². The molecule has 1 heterocycles. The molecule has 140 valence electrons. The molecule has 0 unspecified atom stereocenters. The first-order valence-corrected chi connectivity index (χ1v) is 9.66. The molecule has 1 aromatic carbocycles. The third-order valence-corrected chi connectivity index (χ3v) is 5.56. The summed E-state index contributed by atoms with van der Waals surface area (Å²) < 4.78 is 63.8. The summed E-state index contributed by atoms with van der Waals surface area (Å²) in [7, 11) is -3.16. The van der Waals surface area contributed by atoms with Crippen molar-refractivity contribution in [2.45, 2.75) is 32.7 Å². The molecule has 0 spiro atoms. The Bertz CT molecular complexity index is 714. The van der Waals surface area contributed by atoms with E-state index in [1.54, 1.807) is 0 Å². The fourth-order valence-electron chi connectivity index (χ4n) is 2.78. The van der Waals surface area contributed by atoms with Gasteiger partial charge in [0.1, 0.15) is 5.75 Å². The minimum Gasteiger partial charge on any atom is -0.406 e. The Hall–Kier alpha value is -1.77. The Morgan fingerprint density at radius 3 is 2.32 bits per heavy atom. The van der Waals surface area contributed by atoms with Gasteiger partial charge in [-0.15, -0.1) is 13.2 Å². The molecule has 5 nitrogen and oxygen atoms in total. The van der Waals surface area contributed by atoms with Crippen LogP contribution in [0.1, 0.15) is 30.6 Å². The molecule has 1 saturated heterocycles. The van der Waals surface area contributed by atoms with Crippen molar-refractivity contribution in [1.29, 1.82) is 0 Å². The van der Waals surface area contributed by atoms with E-state index in [0.717, 1.165) is 12.1 Å². The molecule has 0 radical (unpaired) electrons. The Labute approximate surface area is 144 Å². The Kier molecular flexibility index (Phi) is 5.65. The van der Waals surface area contributed by atoms with Gasteiger partial charge in [-0.05, 0) is 36.6 Å². The smallest absolute Gasteiger partial charge is 0.406 e. The van der Waals surface area contributed by atoms with Crippen LogP contribution in [0.2, 0.25) is 0 Å². The SMILES string of the molecule is CC(C)CN(C(=O)c1ccc(OC(F)(F)F)cc1)[C@@H]1CCS(=O)(=O)C1. The number of rotatable bonds is 5. The van der Waals surface area contributed by atoms with Gasteiger partial charge in [0.25, 0.3) is 5.91 Å². The summed E-state index contributed by atoms with van der Waals surface area (Å²) in [5, 5.41) is 0. The normalized spacial score (nSPS) is 19.8. The molecule has 0 aromatic heterocycles. The van der Waals surface area contributed by atoms with Crippen molar-refractivity contribution in [3.05, 3.63) is 29.8 Å². The van der Waals surface area contributed by atoms with E-state index in [1.807, 2.05) is 13.8 Å². The molecule has 1 atom stereocenters. The topological polar surface area (TPSA) is 63.7 Å². The van der Waals surface area contributed by atoms with Crippen molar-refractivity contribution in [2.24, 2.45) is 5.92 Å². The third kappa shape index (κ3) is 5.62. The standard InChI is InChI=1S/C16H20F3NO4S/c1-11(2)9-20(13-7-8-25(22,23)10-13)15(21)12-3-5-14(6-4-12)24-16(17,18)19/h3-6,11,13H,7-10H2,1-2H3/t13-/m1/s1. The fraction of sp³-hybridized carbons (Fsp3) is 0.562. The lowest BCUT2D eigenvalue weighted by molar-refractivity contribution is -0.274. The number of hydrogen-bond acceptors (Lipinski definition) is 4. The maximum Gasteiger partial charge on any atom is 0.573 e. The lowest BCUT2D eigenvalue weighted by Gasteiger charge is -2.30. The summed E-state index contributed by atoms with van der Waals surface area (Å²) >= 11 is 0. The van der Waals surface area contributed by atoms with Gasteiger partial charge in [-0.25, -0.2) is 8.42 Å². The number of sulfone groups is 1. The van der Waals surface area contributed by atoms with Crippen LogP contribution < -0.4 is 4.74 Å². The van der Waals surface area contributed by atoms with Gasteiger partial charge in [0.2, 0.25) is 0 Å². The van der Waals surface area contributed by atoms with E-state index in [4.69, 9.17) is 0 Å². The summed E-state index contributed by atoms with van der Waals surface area (Å²) in [4.78, 5) is 14.3. The number of nitrogens with zero attached hydrogens (tertiary/aromatic N) is 1. The first kappa shape index (κ1) is 19.6. The Morgan fingerprint density at radius 2 is 1.88 bits per heavy atom. The molecule has 1 aromatic rings. The zero-order valence-electron chi connectivity index (χ0n) is 13.9. The lowest BCUT2D eigenvalue weighted by atomic mass is 10.1. The van der Waals surface area contributed by atoms with E-state index < -0.39 is 33.9 Å². The molecule has 1 aliphatic rings. The molecule has 2 rings (SSSR count). The van der Waals surface area contributed by atoms with Crippen LogP contribution in [0.3, 0.4) is 0 Å². The van der Waals surface area contributed by atoms with Crippen LogP contribution in [0.5, 0.6) is 5.75 Å². The van der Waals surface area contributed by atoms with Crippen LogP contribution >= 0.6 is 0 Å². The van der Waals surface area contributed by atoms with Crippen molar-refractivity contribution < 1.29 is 31.1 Å². The average molecular weight is 379 g/mol. The first-order valence-electron chi connectivity index (χ1n) is 7.84. The number of carbonyl (C=O) groups excluding carboxylic acids is 1. The first-order chi connectivity index (χ1) is 11.5. The van der Waals surface area contributed by atoms with Gasteiger partial charge in [0, 0.05) is 18.2 Å². The van der Waals surface area contributed by atoms with Crippen molar-refractivity contribution in [2.75, 3.05) is 18.1 Å². The zero-order chi connectivity index (χ0) is 18.8. The maximum atomic E-state index is 12.7. The molecule has 0 saturated carbocycles. The van der Waals surface area contributed by atoms with Crippen LogP contribution in [-0.4, -0.2) is 49.7 Å². The van der Waals surface area contributed by atoms with Crippen molar-refractivity contribution in [3.8, 4) is 5.75 Å². The number of alkyl halides is 3. The summed E-state index contributed by atoms with van der Waals surface area (Å²) in [5.74, 6) is -0.726. The minimum absolute atomic E-state index is 0.0396. The molecule has 0 aliphatic carbocycles. The molecule has 1 fully saturated rings. The van der Waals surface area contributed by atoms with Gasteiger partial charge in [0.15, 0.2) is 9.84 Å². The van der Waals surface area contributed by atoms with E-state index in [2.05, 4.69) is 4.74 Å². The molecule has 25 heavy (non-hydrogen) atoms. The zero-order valence-corrected chi connectivity index (χ0v) is 14.7. The maximum absolute atomic E-state index is 12.7. The van der Waals surface area contributed by atoms with Crippen molar-refractivity contribution >= 4 is 15.7 Å². The lowest BCUT2D eigenvalue weighted by Crippen LogP contribution is -2.43. The highest BCUT2D eigenvalue weighted by Crippen LogP contribution is 2.25. The van der Waals surface area contributed by atoms with Gasteiger partial charge < -0.3 is 9.64 Å². The van der Waals surface area contributed by atoms with E-state index >= 15 is 0 Å².